The molecule has 96 valence electrons. The van der Waals surface area contributed by atoms with Gasteiger partial charge in [0.2, 0.25) is 0 Å². The third-order valence-electron chi connectivity index (χ3n) is 2.32. The molecule has 1 aliphatic heterocycles. The van der Waals surface area contributed by atoms with Crippen LogP contribution in [0, 0.1) is 0 Å². The first-order valence-electron chi connectivity index (χ1n) is 5.26. The number of morpholine rings is 1. The molecule has 0 aliphatic carbocycles. The highest BCUT2D eigenvalue weighted by atomic mass is 19.4. The molecule has 1 unspecified atom stereocenters. The van der Waals surface area contributed by atoms with E-state index in [2.05, 4.69) is 15.5 Å². The Labute approximate surface area is 95.3 Å². The molecular weight excluding hydrogens is 239 g/mol. The smallest absolute Gasteiger partial charge is 0.366 e. The van der Waals surface area contributed by atoms with E-state index in [0.29, 0.717) is 13.2 Å². The van der Waals surface area contributed by atoms with Crippen molar-refractivity contribution in [3.8, 4) is 0 Å². The van der Waals surface area contributed by atoms with Crippen LogP contribution in [0.5, 0.6) is 0 Å². The second-order valence-electron chi connectivity index (χ2n) is 3.73. The quantitative estimate of drug-likeness (QED) is 0.875. The summed E-state index contributed by atoms with van der Waals surface area (Å²) in [6.07, 6.45) is -5.79. The minimum Gasteiger partial charge on any atom is -0.366 e. The number of ether oxygens (including phenoxy) is 1. The fraction of sp³-hybridized carbons (Fsp3) is 0.778. The van der Waals surface area contributed by atoms with Gasteiger partial charge in [0, 0.05) is 19.5 Å². The molecule has 1 N–H and O–H groups in total. The van der Waals surface area contributed by atoms with E-state index in [0.717, 1.165) is 6.54 Å². The normalized spacial score (nSPS) is 21.7. The molecule has 1 aromatic heterocycles. The summed E-state index contributed by atoms with van der Waals surface area (Å²) in [6.45, 7) is 1.79. The number of alkyl halides is 3. The van der Waals surface area contributed by atoms with E-state index in [1.54, 1.807) is 0 Å². The van der Waals surface area contributed by atoms with Crippen LogP contribution in [0.2, 0.25) is 0 Å². The monoisotopic (exact) mass is 251 g/mol. The van der Waals surface area contributed by atoms with E-state index >= 15 is 0 Å². The van der Waals surface area contributed by atoms with Gasteiger partial charge < -0.3 is 14.6 Å². The molecule has 0 spiro atoms. The van der Waals surface area contributed by atoms with Crippen LogP contribution in [-0.4, -0.2) is 36.0 Å². The zero-order chi connectivity index (χ0) is 12.3. The maximum absolute atomic E-state index is 12.0. The Morgan fingerprint density at radius 2 is 2.24 bits per heavy atom. The average molecular weight is 251 g/mol. The Morgan fingerprint density at radius 3 is 2.88 bits per heavy atom. The van der Waals surface area contributed by atoms with E-state index in [-0.39, 0.29) is 24.2 Å². The van der Waals surface area contributed by atoms with Crippen LogP contribution < -0.4 is 5.32 Å². The summed E-state index contributed by atoms with van der Waals surface area (Å²) in [5.74, 6) is 0.292. The molecule has 2 heterocycles. The summed E-state index contributed by atoms with van der Waals surface area (Å²) in [7, 11) is 0. The van der Waals surface area contributed by atoms with E-state index in [1.807, 2.05) is 0 Å². The number of nitrogens with one attached hydrogen (secondary N) is 1. The molecule has 1 atom stereocenters. The van der Waals surface area contributed by atoms with Gasteiger partial charge in [0.15, 0.2) is 5.82 Å². The Morgan fingerprint density at radius 1 is 1.41 bits per heavy atom. The van der Waals surface area contributed by atoms with Gasteiger partial charge >= 0.3 is 6.18 Å². The van der Waals surface area contributed by atoms with E-state index < -0.39 is 12.6 Å². The Bertz CT molecular complexity index is 361. The summed E-state index contributed by atoms with van der Waals surface area (Å²) in [5.41, 5.74) is 0. The number of aryl methyl sites for hydroxylation is 1. The van der Waals surface area contributed by atoms with E-state index in [4.69, 9.17) is 9.26 Å². The number of halogens is 3. The number of hydrogen-bond donors (Lipinski definition) is 1. The molecule has 0 saturated carbocycles. The predicted molar refractivity (Wildman–Crippen MR) is 50.2 cm³/mol. The third-order valence-corrected chi connectivity index (χ3v) is 2.32. The predicted octanol–water partition coefficient (Wildman–Crippen LogP) is 1.23. The van der Waals surface area contributed by atoms with Crippen LogP contribution in [-0.2, 0) is 11.2 Å². The lowest BCUT2D eigenvalue weighted by Crippen LogP contribution is -2.33. The van der Waals surface area contributed by atoms with Gasteiger partial charge in [-0.05, 0) is 0 Å². The second kappa shape index (κ2) is 5.01. The van der Waals surface area contributed by atoms with Crippen molar-refractivity contribution < 1.29 is 22.4 Å². The molecular formula is C9H12F3N3O2. The van der Waals surface area contributed by atoms with Gasteiger partial charge in [-0.1, -0.05) is 5.16 Å². The van der Waals surface area contributed by atoms with Crippen molar-refractivity contribution in [1.82, 2.24) is 15.5 Å². The van der Waals surface area contributed by atoms with Crippen LogP contribution in [0.1, 0.15) is 24.2 Å². The molecule has 0 aromatic carbocycles. The summed E-state index contributed by atoms with van der Waals surface area (Å²) < 4.78 is 46.2. The highest BCUT2D eigenvalue weighted by Gasteiger charge is 2.28. The summed E-state index contributed by atoms with van der Waals surface area (Å²) in [4.78, 5) is 3.89. The third kappa shape index (κ3) is 3.67. The van der Waals surface area contributed by atoms with E-state index in [1.165, 1.54) is 0 Å². The van der Waals surface area contributed by atoms with Crippen molar-refractivity contribution in [3.05, 3.63) is 11.7 Å². The van der Waals surface area contributed by atoms with Crippen LogP contribution in [0.3, 0.4) is 0 Å². The fourth-order valence-corrected chi connectivity index (χ4v) is 1.48. The van der Waals surface area contributed by atoms with Crippen LogP contribution in [0.25, 0.3) is 0 Å². The zero-order valence-electron chi connectivity index (χ0n) is 8.96. The number of rotatable bonds is 3. The molecule has 17 heavy (non-hydrogen) atoms. The van der Waals surface area contributed by atoms with Gasteiger partial charge in [0.1, 0.15) is 6.10 Å². The molecule has 1 aliphatic rings. The maximum atomic E-state index is 12.0. The lowest BCUT2D eigenvalue weighted by Gasteiger charge is -2.19. The summed E-state index contributed by atoms with van der Waals surface area (Å²) >= 11 is 0. The maximum Gasteiger partial charge on any atom is 0.389 e. The number of hydrogen-bond acceptors (Lipinski definition) is 5. The van der Waals surface area contributed by atoms with Crippen molar-refractivity contribution in [1.29, 1.82) is 0 Å². The van der Waals surface area contributed by atoms with Crippen LogP contribution in [0.15, 0.2) is 4.52 Å². The van der Waals surface area contributed by atoms with Gasteiger partial charge in [-0.25, -0.2) is 0 Å². The number of aromatic nitrogens is 2. The highest BCUT2D eigenvalue weighted by Crippen LogP contribution is 2.22. The molecule has 8 heteroatoms. The SMILES string of the molecule is FC(F)(F)CCc1noc(C2CNCCO2)n1. The van der Waals surface area contributed by atoms with Crippen molar-refractivity contribution in [3.63, 3.8) is 0 Å². The van der Waals surface area contributed by atoms with Crippen molar-refractivity contribution >= 4 is 0 Å². The average Bonchev–Trinajstić information content (AvgIpc) is 2.75. The minimum atomic E-state index is -4.20. The molecule has 2 rings (SSSR count). The molecule has 0 bridgehead atoms. The Kier molecular flexibility index (Phi) is 3.63. The van der Waals surface area contributed by atoms with Gasteiger partial charge in [-0.3, -0.25) is 0 Å². The largest absolute Gasteiger partial charge is 0.389 e. The van der Waals surface area contributed by atoms with Crippen molar-refractivity contribution in [2.45, 2.75) is 25.1 Å². The Hall–Kier alpha value is -1.15. The summed E-state index contributed by atoms with van der Waals surface area (Å²) in [5, 5.41) is 6.57. The molecule has 1 fully saturated rings. The molecule has 5 nitrogen and oxygen atoms in total. The fourth-order valence-electron chi connectivity index (χ4n) is 1.48. The second-order valence-corrected chi connectivity index (χ2v) is 3.73. The standard InChI is InChI=1S/C9H12F3N3O2/c10-9(11,12)2-1-7-14-8(17-15-7)6-5-13-3-4-16-6/h6,13H,1-5H2. The Balaban J connectivity index is 1.91. The van der Waals surface area contributed by atoms with Gasteiger partial charge in [0.05, 0.1) is 13.0 Å². The lowest BCUT2D eigenvalue weighted by atomic mass is 10.3. The van der Waals surface area contributed by atoms with Crippen molar-refractivity contribution in [2.75, 3.05) is 19.7 Å². The first-order chi connectivity index (χ1) is 8.04. The summed E-state index contributed by atoms with van der Waals surface area (Å²) in [6, 6.07) is 0. The van der Waals surface area contributed by atoms with Crippen LogP contribution >= 0.6 is 0 Å². The molecule has 0 radical (unpaired) electrons. The lowest BCUT2D eigenvalue weighted by molar-refractivity contribution is -0.134. The molecule has 1 saturated heterocycles. The van der Waals surface area contributed by atoms with Gasteiger partial charge in [0.25, 0.3) is 5.89 Å². The molecule has 0 amide bonds. The van der Waals surface area contributed by atoms with Crippen LogP contribution in [0.4, 0.5) is 13.2 Å². The van der Waals surface area contributed by atoms with E-state index in [9.17, 15) is 13.2 Å². The first-order valence-corrected chi connectivity index (χ1v) is 5.26. The number of nitrogens with zero attached hydrogens (tertiary/aromatic N) is 2. The van der Waals surface area contributed by atoms with Gasteiger partial charge in [-0.2, -0.15) is 18.2 Å². The topological polar surface area (TPSA) is 60.2 Å². The molecule has 1 aromatic rings. The minimum absolute atomic E-state index is 0.0616. The first kappa shape index (κ1) is 12.3. The van der Waals surface area contributed by atoms with Gasteiger partial charge in [-0.15, -0.1) is 0 Å². The zero-order valence-corrected chi connectivity index (χ0v) is 8.96. The van der Waals surface area contributed by atoms with Crippen molar-refractivity contribution in [2.24, 2.45) is 0 Å². The highest BCUT2D eigenvalue weighted by molar-refractivity contribution is 4.92.